The molecular formula is C17H19ClN4O2. The summed E-state index contributed by atoms with van der Waals surface area (Å²) in [5.74, 6) is -0.619. The van der Waals surface area contributed by atoms with Crippen LogP contribution in [-0.4, -0.2) is 34.0 Å². The number of rotatable bonds is 4. The van der Waals surface area contributed by atoms with Crippen LogP contribution in [0.2, 0.25) is 5.02 Å². The highest BCUT2D eigenvalue weighted by molar-refractivity contribution is 6.30. The van der Waals surface area contributed by atoms with Crippen LogP contribution in [0.3, 0.4) is 0 Å². The number of aromatic nitrogens is 2. The fourth-order valence-electron chi connectivity index (χ4n) is 3.12. The molecule has 0 radical (unpaired) electrons. The van der Waals surface area contributed by atoms with Crippen LogP contribution in [0, 0.1) is 12.8 Å². The van der Waals surface area contributed by atoms with Gasteiger partial charge >= 0.3 is 0 Å². The van der Waals surface area contributed by atoms with Gasteiger partial charge in [0.1, 0.15) is 0 Å². The molecule has 126 valence electrons. The molecule has 6 nitrogen and oxygen atoms in total. The number of likely N-dealkylation sites (tertiary alicyclic amines) is 1. The van der Waals surface area contributed by atoms with E-state index in [2.05, 4.69) is 15.5 Å². The molecular weight excluding hydrogens is 328 g/mol. The Kier molecular flexibility index (Phi) is 4.57. The number of benzene rings is 1. The first kappa shape index (κ1) is 16.5. The van der Waals surface area contributed by atoms with Gasteiger partial charge in [-0.1, -0.05) is 23.7 Å². The number of hydrogen-bond acceptors (Lipinski definition) is 3. The van der Waals surface area contributed by atoms with Gasteiger partial charge in [-0.2, -0.15) is 5.10 Å². The molecule has 1 aromatic heterocycles. The second kappa shape index (κ2) is 6.65. The Labute approximate surface area is 145 Å². The molecule has 2 heterocycles. The molecule has 0 bridgehead atoms. The van der Waals surface area contributed by atoms with E-state index in [1.54, 1.807) is 24.2 Å². The van der Waals surface area contributed by atoms with E-state index in [0.29, 0.717) is 11.6 Å². The van der Waals surface area contributed by atoms with Crippen LogP contribution >= 0.6 is 11.6 Å². The number of carbonyl (C=O) groups is 2. The Hall–Kier alpha value is -2.34. The minimum atomic E-state index is -0.437. The second-order valence-corrected chi connectivity index (χ2v) is 6.49. The lowest BCUT2D eigenvalue weighted by Gasteiger charge is -2.25. The van der Waals surface area contributed by atoms with Crippen molar-refractivity contribution in [2.45, 2.75) is 25.9 Å². The van der Waals surface area contributed by atoms with E-state index in [9.17, 15) is 9.59 Å². The van der Waals surface area contributed by atoms with Crippen LogP contribution in [0.1, 0.15) is 29.3 Å². The number of halogens is 1. The Morgan fingerprint density at radius 2 is 2.29 bits per heavy atom. The summed E-state index contributed by atoms with van der Waals surface area (Å²) >= 11 is 6.07. The number of aryl methyl sites for hydroxylation is 1. The summed E-state index contributed by atoms with van der Waals surface area (Å²) in [7, 11) is 1.72. The number of nitrogens with zero attached hydrogens (tertiary/aromatic N) is 2. The highest BCUT2D eigenvalue weighted by atomic mass is 35.5. The van der Waals surface area contributed by atoms with Crippen molar-refractivity contribution in [1.82, 2.24) is 20.4 Å². The summed E-state index contributed by atoms with van der Waals surface area (Å²) in [5, 5.41) is 10.3. The molecule has 2 atom stereocenters. The van der Waals surface area contributed by atoms with E-state index in [4.69, 9.17) is 11.6 Å². The van der Waals surface area contributed by atoms with Gasteiger partial charge in [0.05, 0.1) is 18.2 Å². The highest BCUT2D eigenvalue weighted by Gasteiger charge is 2.42. The zero-order chi connectivity index (χ0) is 17.3. The molecule has 24 heavy (non-hydrogen) atoms. The molecule has 0 saturated carbocycles. The molecule has 2 aromatic rings. The van der Waals surface area contributed by atoms with Gasteiger partial charge in [-0.3, -0.25) is 14.7 Å². The van der Waals surface area contributed by atoms with Gasteiger partial charge in [0.2, 0.25) is 11.8 Å². The van der Waals surface area contributed by atoms with Gasteiger partial charge in [0.25, 0.3) is 0 Å². The fraction of sp³-hybridized carbons (Fsp3) is 0.353. The Morgan fingerprint density at radius 3 is 2.96 bits per heavy atom. The maximum atomic E-state index is 12.7. The first-order valence-corrected chi connectivity index (χ1v) is 8.13. The van der Waals surface area contributed by atoms with Crippen molar-refractivity contribution in [1.29, 1.82) is 0 Å². The van der Waals surface area contributed by atoms with Crippen LogP contribution in [0.5, 0.6) is 0 Å². The molecule has 0 spiro atoms. The third-order valence-corrected chi connectivity index (χ3v) is 4.74. The van der Waals surface area contributed by atoms with Gasteiger partial charge < -0.3 is 10.2 Å². The van der Waals surface area contributed by atoms with E-state index >= 15 is 0 Å². The number of H-pyrrole nitrogens is 1. The molecule has 2 amide bonds. The van der Waals surface area contributed by atoms with Crippen molar-refractivity contribution >= 4 is 23.4 Å². The second-order valence-electron chi connectivity index (χ2n) is 6.05. The molecule has 1 aromatic carbocycles. The quantitative estimate of drug-likeness (QED) is 0.891. The molecule has 0 aliphatic carbocycles. The zero-order valence-corrected chi connectivity index (χ0v) is 14.3. The van der Waals surface area contributed by atoms with Gasteiger partial charge in [-0.15, -0.1) is 0 Å². The van der Waals surface area contributed by atoms with E-state index in [0.717, 1.165) is 16.8 Å². The maximum Gasteiger partial charge on any atom is 0.226 e. The van der Waals surface area contributed by atoms with Crippen molar-refractivity contribution in [3.8, 4) is 0 Å². The van der Waals surface area contributed by atoms with Crippen molar-refractivity contribution in [3.63, 3.8) is 0 Å². The van der Waals surface area contributed by atoms with E-state index < -0.39 is 5.92 Å². The Balaban J connectivity index is 1.78. The summed E-state index contributed by atoms with van der Waals surface area (Å²) in [6.45, 7) is 2.29. The molecule has 3 rings (SSSR count). The largest absolute Gasteiger partial charge is 0.352 e. The smallest absolute Gasteiger partial charge is 0.226 e. The van der Waals surface area contributed by atoms with Crippen molar-refractivity contribution in [3.05, 3.63) is 52.3 Å². The molecule has 1 fully saturated rings. The topological polar surface area (TPSA) is 78.1 Å². The summed E-state index contributed by atoms with van der Waals surface area (Å²) in [4.78, 5) is 26.4. The third kappa shape index (κ3) is 3.14. The van der Waals surface area contributed by atoms with Crippen LogP contribution in [0.15, 0.2) is 30.5 Å². The number of hydrogen-bond donors (Lipinski definition) is 2. The van der Waals surface area contributed by atoms with Crippen molar-refractivity contribution in [2.75, 3.05) is 7.05 Å². The molecule has 1 saturated heterocycles. The zero-order valence-electron chi connectivity index (χ0n) is 13.5. The van der Waals surface area contributed by atoms with E-state index in [1.807, 2.05) is 25.1 Å². The lowest BCUT2D eigenvalue weighted by molar-refractivity contribution is -0.128. The normalized spacial score (nSPS) is 20.5. The predicted molar refractivity (Wildman–Crippen MR) is 90.2 cm³/mol. The molecule has 1 aliphatic rings. The molecule has 7 heteroatoms. The van der Waals surface area contributed by atoms with Crippen LogP contribution in [-0.2, 0) is 16.1 Å². The number of nitrogens with one attached hydrogen (secondary N) is 2. The summed E-state index contributed by atoms with van der Waals surface area (Å²) < 4.78 is 0. The maximum absolute atomic E-state index is 12.7. The number of carbonyl (C=O) groups excluding carboxylic acids is 2. The Morgan fingerprint density at radius 1 is 1.50 bits per heavy atom. The monoisotopic (exact) mass is 346 g/mol. The van der Waals surface area contributed by atoms with Gasteiger partial charge in [-0.25, -0.2) is 0 Å². The average molecular weight is 347 g/mol. The molecule has 2 N–H and O–H groups in total. The molecule has 1 aliphatic heterocycles. The highest BCUT2D eigenvalue weighted by Crippen LogP contribution is 2.37. The standard InChI is InChI=1S/C17H19ClN4O2/c1-10-12(9-20-21-10)8-19-17(24)14-7-15(23)22(2)16(14)11-4-3-5-13(18)6-11/h3-6,9,14,16H,7-8H2,1-2H3,(H,19,24)(H,20,21)/t14-,16-/m0/s1. The summed E-state index contributed by atoms with van der Waals surface area (Å²) in [6.07, 6.45) is 1.89. The Bertz CT molecular complexity index is 773. The summed E-state index contributed by atoms with van der Waals surface area (Å²) in [5.41, 5.74) is 2.72. The lowest BCUT2D eigenvalue weighted by Crippen LogP contribution is -2.34. The van der Waals surface area contributed by atoms with Gasteiger partial charge in [-0.05, 0) is 24.6 Å². The SMILES string of the molecule is Cc1[nH]ncc1CNC(=O)[C@H]1CC(=O)N(C)[C@H]1c1cccc(Cl)c1. The first-order chi connectivity index (χ1) is 11.5. The van der Waals surface area contributed by atoms with Crippen LogP contribution in [0.4, 0.5) is 0 Å². The molecule has 0 unspecified atom stereocenters. The average Bonchev–Trinajstić information content (AvgIpc) is 3.09. The van der Waals surface area contributed by atoms with Gasteiger partial charge in [0.15, 0.2) is 0 Å². The number of aromatic amines is 1. The van der Waals surface area contributed by atoms with Crippen molar-refractivity contribution < 1.29 is 9.59 Å². The first-order valence-electron chi connectivity index (χ1n) is 7.75. The van der Waals surface area contributed by atoms with Crippen LogP contribution < -0.4 is 5.32 Å². The number of amides is 2. The van der Waals surface area contributed by atoms with Crippen LogP contribution in [0.25, 0.3) is 0 Å². The minimum absolute atomic E-state index is 0.0420. The van der Waals surface area contributed by atoms with E-state index in [1.165, 1.54) is 0 Å². The fourth-order valence-corrected chi connectivity index (χ4v) is 3.32. The predicted octanol–water partition coefficient (Wildman–Crippen LogP) is 2.21. The minimum Gasteiger partial charge on any atom is -0.352 e. The van der Waals surface area contributed by atoms with Crippen molar-refractivity contribution in [2.24, 2.45) is 5.92 Å². The third-order valence-electron chi connectivity index (χ3n) is 4.50. The lowest BCUT2D eigenvalue weighted by atomic mass is 9.93. The van der Waals surface area contributed by atoms with Gasteiger partial charge in [0, 0.05) is 36.3 Å². The summed E-state index contributed by atoms with van der Waals surface area (Å²) in [6, 6.07) is 7.01. The van der Waals surface area contributed by atoms with E-state index in [-0.39, 0.29) is 24.3 Å².